The standard InChI is InChI=1S/C16H15Cl2N3OS/c1-21-5-4-10-12(7-21)23-16-13(10)15(22)19-14(20-16)9-3-2-8(17)6-11(9)18/h2-3,6,14,20H,4-5,7H2,1H3,(H,19,22)/p+1/t14-/m1/s1. The highest BCUT2D eigenvalue weighted by molar-refractivity contribution is 7.16. The van der Waals surface area contributed by atoms with Gasteiger partial charge < -0.3 is 15.5 Å². The molecule has 2 aliphatic rings. The minimum atomic E-state index is -0.329. The normalized spacial score (nSPS) is 22.8. The van der Waals surface area contributed by atoms with E-state index in [4.69, 9.17) is 23.2 Å². The van der Waals surface area contributed by atoms with Gasteiger partial charge in [0.2, 0.25) is 0 Å². The lowest BCUT2D eigenvalue weighted by Gasteiger charge is -2.27. The molecule has 1 amide bonds. The summed E-state index contributed by atoms with van der Waals surface area (Å²) in [6.45, 7) is 2.05. The van der Waals surface area contributed by atoms with Crippen LogP contribution < -0.4 is 15.5 Å². The molecule has 4 rings (SSSR count). The second-order valence-corrected chi connectivity index (χ2v) is 8.01. The number of amides is 1. The first-order valence-electron chi connectivity index (χ1n) is 7.51. The highest BCUT2D eigenvalue weighted by Gasteiger charge is 2.34. The van der Waals surface area contributed by atoms with Crippen molar-refractivity contribution in [1.29, 1.82) is 0 Å². The Labute approximate surface area is 148 Å². The molecule has 1 unspecified atom stereocenters. The average molecular weight is 369 g/mol. The van der Waals surface area contributed by atoms with Gasteiger partial charge in [0.25, 0.3) is 5.91 Å². The van der Waals surface area contributed by atoms with Crippen LogP contribution in [0.25, 0.3) is 0 Å². The van der Waals surface area contributed by atoms with Crippen LogP contribution in [-0.2, 0) is 13.0 Å². The van der Waals surface area contributed by atoms with E-state index in [-0.39, 0.29) is 12.1 Å². The zero-order valence-electron chi connectivity index (χ0n) is 12.5. The van der Waals surface area contributed by atoms with Crippen molar-refractivity contribution < 1.29 is 9.69 Å². The molecule has 3 N–H and O–H groups in total. The van der Waals surface area contributed by atoms with Crippen LogP contribution in [0.1, 0.15) is 32.5 Å². The smallest absolute Gasteiger partial charge is 0.256 e. The first-order chi connectivity index (χ1) is 11.0. The summed E-state index contributed by atoms with van der Waals surface area (Å²) in [5.41, 5.74) is 2.85. The number of hydrogen-bond donors (Lipinski definition) is 3. The number of thiophene rings is 1. The third-order valence-electron chi connectivity index (χ3n) is 4.41. The molecule has 7 heteroatoms. The minimum Gasteiger partial charge on any atom is -0.353 e. The first-order valence-corrected chi connectivity index (χ1v) is 9.08. The Bertz CT molecular complexity index is 805. The van der Waals surface area contributed by atoms with Crippen LogP contribution in [0.2, 0.25) is 10.0 Å². The fourth-order valence-corrected chi connectivity index (χ4v) is 5.13. The number of benzene rings is 1. The van der Waals surface area contributed by atoms with Crippen LogP contribution in [0.15, 0.2) is 18.2 Å². The first kappa shape index (κ1) is 15.3. The van der Waals surface area contributed by atoms with E-state index in [1.807, 2.05) is 6.07 Å². The van der Waals surface area contributed by atoms with Gasteiger partial charge in [0, 0.05) is 22.0 Å². The van der Waals surface area contributed by atoms with Gasteiger partial charge in [0.05, 0.1) is 24.0 Å². The third-order valence-corrected chi connectivity index (χ3v) is 6.13. The Morgan fingerprint density at radius 1 is 1.30 bits per heavy atom. The fraction of sp³-hybridized carbons (Fsp3) is 0.312. The van der Waals surface area contributed by atoms with Crippen LogP contribution in [-0.4, -0.2) is 19.5 Å². The molecule has 2 atom stereocenters. The van der Waals surface area contributed by atoms with Crippen LogP contribution in [0.5, 0.6) is 0 Å². The Morgan fingerprint density at radius 2 is 2.13 bits per heavy atom. The van der Waals surface area contributed by atoms with Gasteiger partial charge in [-0.2, -0.15) is 0 Å². The maximum absolute atomic E-state index is 12.6. The number of carbonyl (C=O) groups is 1. The Balaban J connectivity index is 1.71. The maximum atomic E-state index is 12.6. The summed E-state index contributed by atoms with van der Waals surface area (Å²) < 4.78 is 0. The molecule has 2 aromatic rings. The molecule has 23 heavy (non-hydrogen) atoms. The molecule has 0 bridgehead atoms. The van der Waals surface area contributed by atoms with E-state index in [9.17, 15) is 4.79 Å². The average Bonchev–Trinajstić information content (AvgIpc) is 2.84. The number of quaternary nitrogens is 1. The second kappa shape index (κ2) is 5.67. The molecule has 0 saturated carbocycles. The molecule has 0 spiro atoms. The predicted molar refractivity (Wildman–Crippen MR) is 93.8 cm³/mol. The van der Waals surface area contributed by atoms with Gasteiger partial charge >= 0.3 is 0 Å². The Morgan fingerprint density at radius 3 is 2.91 bits per heavy atom. The van der Waals surface area contributed by atoms with Gasteiger partial charge in [-0.3, -0.25) is 4.79 Å². The van der Waals surface area contributed by atoms with Crippen molar-refractivity contribution in [3.63, 3.8) is 0 Å². The summed E-state index contributed by atoms with van der Waals surface area (Å²) in [6.07, 6.45) is 0.624. The highest BCUT2D eigenvalue weighted by atomic mass is 35.5. The van der Waals surface area contributed by atoms with E-state index in [0.29, 0.717) is 10.0 Å². The molecule has 0 saturated heterocycles. The molecule has 120 valence electrons. The fourth-order valence-electron chi connectivity index (χ4n) is 3.22. The monoisotopic (exact) mass is 368 g/mol. The van der Waals surface area contributed by atoms with Crippen molar-refractivity contribution in [2.45, 2.75) is 19.1 Å². The third kappa shape index (κ3) is 2.62. The summed E-state index contributed by atoms with van der Waals surface area (Å²) in [7, 11) is 2.19. The van der Waals surface area contributed by atoms with Crippen LogP contribution in [0, 0.1) is 0 Å². The summed E-state index contributed by atoms with van der Waals surface area (Å²) >= 11 is 13.9. The lowest BCUT2D eigenvalue weighted by atomic mass is 10.0. The molecule has 0 radical (unpaired) electrons. The molecule has 0 aliphatic carbocycles. The van der Waals surface area contributed by atoms with Crippen molar-refractivity contribution in [2.75, 3.05) is 18.9 Å². The number of fused-ring (bicyclic) bond motifs is 3. The number of carbonyl (C=O) groups excluding carboxylic acids is 1. The highest BCUT2D eigenvalue weighted by Crippen LogP contribution is 2.40. The van der Waals surface area contributed by atoms with Gasteiger partial charge in [-0.05, 0) is 17.7 Å². The number of halogens is 2. The van der Waals surface area contributed by atoms with Crippen molar-refractivity contribution in [2.24, 2.45) is 0 Å². The topological polar surface area (TPSA) is 45.6 Å². The zero-order valence-corrected chi connectivity index (χ0v) is 14.8. The van der Waals surface area contributed by atoms with Crippen molar-refractivity contribution in [3.8, 4) is 0 Å². The molecule has 3 heterocycles. The zero-order chi connectivity index (χ0) is 16.1. The van der Waals surface area contributed by atoms with E-state index in [0.717, 1.165) is 35.6 Å². The van der Waals surface area contributed by atoms with Crippen molar-refractivity contribution in [3.05, 3.63) is 49.8 Å². The van der Waals surface area contributed by atoms with E-state index in [2.05, 4.69) is 17.7 Å². The Hall–Kier alpha value is -1.27. The lowest BCUT2D eigenvalue weighted by Crippen LogP contribution is -3.08. The SMILES string of the molecule is C[NH+]1CCc2c(sc3c2C(=O)N[C@@H](c2ccc(Cl)cc2Cl)N3)C1. The largest absolute Gasteiger partial charge is 0.353 e. The molecular formula is C16H16Cl2N3OS+. The van der Waals surface area contributed by atoms with Gasteiger partial charge in [0.15, 0.2) is 0 Å². The number of hydrogen-bond acceptors (Lipinski definition) is 3. The molecule has 0 fully saturated rings. The van der Waals surface area contributed by atoms with Gasteiger partial charge in [-0.15, -0.1) is 11.3 Å². The quantitative estimate of drug-likeness (QED) is 0.723. The predicted octanol–water partition coefficient (Wildman–Crippen LogP) is 2.48. The van der Waals surface area contributed by atoms with E-state index in [1.165, 1.54) is 15.3 Å². The van der Waals surface area contributed by atoms with Crippen LogP contribution in [0.3, 0.4) is 0 Å². The summed E-state index contributed by atoms with van der Waals surface area (Å²) in [5.74, 6) is -0.0215. The number of likely N-dealkylation sites (N-methyl/N-ethyl adjacent to an activating group) is 1. The maximum Gasteiger partial charge on any atom is 0.256 e. The summed E-state index contributed by atoms with van der Waals surface area (Å²) in [4.78, 5) is 15.4. The number of anilines is 1. The van der Waals surface area contributed by atoms with Gasteiger partial charge in [-0.25, -0.2) is 0 Å². The van der Waals surface area contributed by atoms with E-state index in [1.54, 1.807) is 23.5 Å². The summed E-state index contributed by atoms with van der Waals surface area (Å²) in [5, 5.41) is 8.52. The minimum absolute atomic E-state index is 0.0215. The summed E-state index contributed by atoms with van der Waals surface area (Å²) in [6, 6.07) is 5.32. The van der Waals surface area contributed by atoms with Crippen LogP contribution >= 0.6 is 34.5 Å². The van der Waals surface area contributed by atoms with Crippen molar-refractivity contribution >= 4 is 45.4 Å². The van der Waals surface area contributed by atoms with Gasteiger partial charge in [-0.1, -0.05) is 29.3 Å². The van der Waals surface area contributed by atoms with Crippen LogP contribution in [0.4, 0.5) is 5.00 Å². The lowest BCUT2D eigenvalue weighted by molar-refractivity contribution is -0.895. The van der Waals surface area contributed by atoms with E-state index >= 15 is 0 Å². The molecular weight excluding hydrogens is 353 g/mol. The molecule has 4 nitrogen and oxygen atoms in total. The molecule has 1 aromatic carbocycles. The van der Waals surface area contributed by atoms with Gasteiger partial charge in [0.1, 0.15) is 17.7 Å². The van der Waals surface area contributed by atoms with Crippen molar-refractivity contribution in [1.82, 2.24) is 5.32 Å². The number of rotatable bonds is 1. The Kier molecular flexibility index (Phi) is 3.76. The van der Waals surface area contributed by atoms with E-state index < -0.39 is 0 Å². The number of nitrogens with one attached hydrogen (secondary N) is 3. The molecule has 2 aliphatic heterocycles. The second-order valence-electron chi connectivity index (χ2n) is 6.06. The molecule has 1 aromatic heterocycles.